The van der Waals surface area contributed by atoms with E-state index in [0.29, 0.717) is 6.42 Å². The van der Waals surface area contributed by atoms with Gasteiger partial charge in [-0.2, -0.15) is 0 Å². The zero-order chi connectivity index (χ0) is 15.3. The summed E-state index contributed by atoms with van der Waals surface area (Å²) in [6.07, 6.45) is 2.60. The first kappa shape index (κ1) is 15.4. The van der Waals surface area contributed by atoms with E-state index in [9.17, 15) is 9.59 Å². The fourth-order valence-corrected chi connectivity index (χ4v) is 2.36. The van der Waals surface area contributed by atoms with Gasteiger partial charge in [-0.05, 0) is 31.7 Å². The van der Waals surface area contributed by atoms with Crippen molar-refractivity contribution in [3.8, 4) is 0 Å². The Morgan fingerprint density at radius 2 is 1.95 bits per heavy atom. The highest BCUT2D eigenvalue weighted by Crippen LogP contribution is 2.34. The minimum absolute atomic E-state index is 0.374. The van der Waals surface area contributed by atoms with E-state index in [4.69, 9.17) is 9.47 Å². The van der Waals surface area contributed by atoms with Gasteiger partial charge in [0.15, 0.2) is 0 Å². The number of hydrogen-bond donors (Lipinski definition) is 1. The lowest BCUT2D eigenvalue weighted by Gasteiger charge is -2.37. The van der Waals surface area contributed by atoms with Crippen LogP contribution in [-0.2, 0) is 20.7 Å². The quantitative estimate of drug-likeness (QED) is 0.846. The summed E-state index contributed by atoms with van der Waals surface area (Å²) in [5.74, 6) is -0.477. The molecule has 0 bridgehead atoms. The van der Waals surface area contributed by atoms with Crippen molar-refractivity contribution in [1.29, 1.82) is 0 Å². The van der Waals surface area contributed by atoms with Crippen molar-refractivity contribution in [3.05, 3.63) is 35.9 Å². The molecule has 1 unspecified atom stereocenters. The number of rotatable bonds is 5. The minimum atomic E-state index is -0.742. The Bertz CT molecular complexity index is 496. The van der Waals surface area contributed by atoms with E-state index >= 15 is 0 Å². The van der Waals surface area contributed by atoms with Gasteiger partial charge >= 0.3 is 12.1 Å². The Morgan fingerprint density at radius 1 is 1.29 bits per heavy atom. The van der Waals surface area contributed by atoms with Crippen molar-refractivity contribution in [2.75, 3.05) is 7.11 Å². The van der Waals surface area contributed by atoms with E-state index < -0.39 is 23.7 Å². The van der Waals surface area contributed by atoms with E-state index in [1.165, 1.54) is 7.11 Å². The number of carbonyl (C=O) groups excluding carboxylic acids is 2. The summed E-state index contributed by atoms with van der Waals surface area (Å²) < 4.78 is 10.1. The van der Waals surface area contributed by atoms with Gasteiger partial charge in [0.2, 0.25) is 0 Å². The summed E-state index contributed by atoms with van der Waals surface area (Å²) >= 11 is 0. The highest BCUT2D eigenvalue weighted by molar-refractivity contribution is 5.81. The SMILES string of the molecule is COC(=O)C(Cc1ccccc1)NC(=O)OC1(C)CCC1. The van der Waals surface area contributed by atoms with Crippen molar-refractivity contribution in [2.45, 2.75) is 44.2 Å². The van der Waals surface area contributed by atoms with Crippen molar-refractivity contribution < 1.29 is 19.1 Å². The fraction of sp³-hybridized carbons (Fsp3) is 0.500. The number of alkyl carbamates (subject to hydrolysis) is 1. The number of benzene rings is 1. The van der Waals surface area contributed by atoms with Gasteiger partial charge in [0.05, 0.1) is 7.11 Å². The van der Waals surface area contributed by atoms with E-state index in [0.717, 1.165) is 24.8 Å². The number of amides is 1. The molecule has 21 heavy (non-hydrogen) atoms. The lowest BCUT2D eigenvalue weighted by molar-refractivity contribution is -0.143. The van der Waals surface area contributed by atoms with Gasteiger partial charge in [0.25, 0.3) is 0 Å². The van der Waals surface area contributed by atoms with Gasteiger partial charge in [0, 0.05) is 6.42 Å². The summed E-state index contributed by atoms with van der Waals surface area (Å²) in [4.78, 5) is 23.7. The third kappa shape index (κ3) is 4.21. The summed E-state index contributed by atoms with van der Waals surface area (Å²) in [5.41, 5.74) is 0.556. The van der Waals surface area contributed by atoms with Crippen LogP contribution in [0.3, 0.4) is 0 Å². The van der Waals surface area contributed by atoms with E-state index in [2.05, 4.69) is 5.32 Å². The Morgan fingerprint density at radius 3 is 2.48 bits per heavy atom. The number of esters is 1. The summed E-state index contributed by atoms with van der Waals surface area (Å²) in [6, 6.07) is 8.73. The Labute approximate surface area is 124 Å². The predicted molar refractivity (Wildman–Crippen MR) is 77.8 cm³/mol. The number of methoxy groups -OCH3 is 1. The molecule has 0 spiro atoms. The molecule has 114 valence electrons. The zero-order valence-electron chi connectivity index (χ0n) is 12.4. The van der Waals surface area contributed by atoms with Crippen LogP contribution in [0.5, 0.6) is 0 Å². The van der Waals surface area contributed by atoms with E-state index in [1.807, 2.05) is 37.3 Å². The van der Waals surface area contributed by atoms with Crippen LogP contribution < -0.4 is 5.32 Å². The van der Waals surface area contributed by atoms with Crippen LogP contribution in [0.2, 0.25) is 0 Å². The van der Waals surface area contributed by atoms with Crippen molar-refractivity contribution in [2.24, 2.45) is 0 Å². The van der Waals surface area contributed by atoms with Crippen LogP contribution in [0.1, 0.15) is 31.7 Å². The summed E-state index contributed by atoms with van der Waals surface area (Å²) in [5, 5.41) is 2.60. The van der Waals surface area contributed by atoms with Gasteiger partial charge in [-0.3, -0.25) is 0 Å². The topological polar surface area (TPSA) is 64.6 Å². The maximum atomic E-state index is 11.9. The third-order valence-electron chi connectivity index (χ3n) is 3.81. The first-order valence-electron chi connectivity index (χ1n) is 7.14. The van der Waals surface area contributed by atoms with Gasteiger partial charge in [0.1, 0.15) is 11.6 Å². The van der Waals surface area contributed by atoms with Crippen LogP contribution >= 0.6 is 0 Å². The molecular formula is C16H21NO4. The first-order valence-corrected chi connectivity index (χ1v) is 7.14. The van der Waals surface area contributed by atoms with E-state index in [1.54, 1.807) is 0 Å². The average molecular weight is 291 g/mol. The van der Waals surface area contributed by atoms with Crippen LogP contribution in [0, 0.1) is 0 Å². The Hall–Kier alpha value is -2.04. The standard InChI is InChI=1S/C16H21NO4/c1-16(9-6-10-16)21-15(19)17-13(14(18)20-2)11-12-7-4-3-5-8-12/h3-5,7-8,13H,6,9-11H2,1-2H3,(H,17,19). The van der Waals surface area contributed by atoms with Crippen LogP contribution in [-0.4, -0.2) is 30.8 Å². The number of nitrogens with one attached hydrogen (secondary N) is 1. The monoisotopic (exact) mass is 291 g/mol. The van der Waals surface area contributed by atoms with Crippen LogP contribution in [0.4, 0.5) is 4.79 Å². The molecule has 1 aromatic rings. The molecule has 1 saturated carbocycles. The molecular weight excluding hydrogens is 270 g/mol. The molecule has 1 amide bonds. The van der Waals surface area contributed by atoms with Crippen LogP contribution in [0.15, 0.2) is 30.3 Å². The lowest BCUT2D eigenvalue weighted by Crippen LogP contribution is -2.48. The molecule has 0 aliphatic heterocycles. The Kier molecular flexibility index (Phi) is 4.83. The number of carbonyl (C=O) groups is 2. The summed E-state index contributed by atoms with van der Waals surface area (Å²) in [7, 11) is 1.31. The molecule has 1 fully saturated rings. The second kappa shape index (κ2) is 6.61. The zero-order valence-corrected chi connectivity index (χ0v) is 12.4. The molecule has 0 saturated heterocycles. The van der Waals surface area contributed by atoms with Gasteiger partial charge in [-0.1, -0.05) is 30.3 Å². The number of hydrogen-bond acceptors (Lipinski definition) is 4. The normalized spacial score (nSPS) is 17.2. The maximum Gasteiger partial charge on any atom is 0.408 e. The molecule has 1 atom stereocenters. The molecule has 1 N–H and O–H groups in total. The van der Waals surface area contributed by atoms with Gasteiger partial charge in [-0.15, -0.1) is 0 Å². The second-order valence-corrected chi connectivity index (χ2v) is 5.60. The molecule has 5 heteroatoms. The molecule has 0 radical (unpaired) electrons. The Balaban J connectivity index is 1.96. The maximum absolute atomic E-state index is 11.9. The average Bonchev–Trinajstić information content (AvgIpc) is 2.45. The third-order valence-corrected chi connectivity index (χ3v) is 3.81. The van der Waals surface area contributed by atoms with Crippen molar-refractivity contribution >= 4 is 12.1 Å². The van der Waals surface area contributed by atoms with Gasteiger partial charge < -0.3 is 14.8 Å². The van der Waals surface area contributed by atoms with Gasteiger partial charge in [-0.25, -0.2) is 9.59 Å². The van der Waals surface area contributed by atoms with Crippen molar-refractivity contribution in [1.82, 2.24) is 5.32 Å². The predicted octanol–water partition coefficient (Wildman–Crippen LogP) is 2.44. The molecule has 0 heterocycles. The van der Waals surface area contributed by atoms with E-state index in [-0.39, 0.29) is 0 Å². The molecule has 2 rings (SSSR count). The summed E-state index contributed by atoms with van der Waals surface area (Å²) in [6.45, 7) is 1.90. The molecule has 0 aromatic heterocycles. The first-order chi connectivity index (χ1) is 10.0. The second-order valence-electron chi connectivity index (χ2n) is 5.60. The molecule has 5 nitrogen and oxygen atoms in total. The van der Waals surface area contributed by atoms with Crippen molar-refractivity contribution in [3.63, 3.8) is 0 Å². The highest BCUT2D eigenvalue weighted by Gasteiger charge is 2.36. The molecule has 1 aromatic carbocycles. The largest absolute Gasteiger partial charge is 0.467 e. The molecule has 1 aliphatic rings. The minimum Gasteiger partial charge on any atom is -0.467 e. The highest BCUT2D eigenvalue weighted by atomic mass is 16.6. The van der Waals surface area contributed by atoms with Crippen LogP contribution in [0.25, 0.3) is 0 Å². The smallest absolute Gasteiger partial charge is 0.408 e. The fourth-order valence-electron chi connectivity index (χ4n) is 2.36. The molecule has 1 aliphatic carbocycles. The lowest BCUT2D eigenvalue weighted by atomic mass is 9.82. The number of ether oxygens (including phenoxy) is 2.